The first-order chi connectivity index (χ1) is 8.60. The predicted octanol–water partition coefficient (Wildman–Crippen LogP) is 0.880. The van der Waals surface area contributed by atoms with Crippen LogP contribution in [0.2, 0.25) is 0 Å². The average Bonchev–Trinajstić information content (AvgIpc) is 2.58. The fourth-order valence-corrected chi connectivity index (χ4v) is 2.13. The monoisotopic (exact) mass is 254 g/mol. The van der Waals surface area contributed by atoms with Gasteiger partial charge in [0.05, 0.1) is 12.3 Å². The highest BCUT2D eigenvalue weighted by atomic mass is 16.5. The largest absolute Gasteiger partial charge is 0.383 e. The highest BCUT2D eigenvalue weighted by Gasteiger charge is 2.12. The summed E-state index contributed by atoms with van der Waals surface area (Å²) in [6.45, 7) is 6.44. The van der Waals surface area contributed by atoms with E-state index in [1.807, 2.05) is 11.7 Å². The van der Waals surface area contributed by atoms with Crippen LogP contribution in [0.1, 0.15) is 29.8 Å². The number of nitrogens with one attached hydrogen (secondary N) is 1. The molecule has 1 aromatic rings. The molecule has 1 unspecified atom stereocenters. The van der Waals surface area contributed by atoms with Crippen LogP contribution in [-0.4, -0.2) is 36.1 Å². The van der Waals surface area contributed by atoms with Gasteiger partial charge in [0.2, 0.25) is 0 Å². The van der Waals surface area contributed by atoms with Gasteiger partial charge in [-0.2, -0.15) is 5.10 Å². The maximum Gasteiger partial charge on any atom is 0.0641 e. The van der Waals surface area contributed by atoms with Crippen LogP contribution in [0.5, 0.6) is 0 Å². The Morgan fingerprint density at radius 1 is 1.44 bits per heavy atom. The fraction of sp³-hybridized carbons (Fsp3) is 0.769. The van der Waals surface area contributed by atoms with Crippen LogP contribution in [-0.2, 0) is 18.3 Å². The van der Waals surface area contributed by atoms with Crippen LogP contribution in [0.25, 0.3) is 0 Å². The zero-order valence-electron chi connectivity index (χ0n) is 12.0. The summed E-state index contributed by atoms with van der Waals surface area (Å²) in [5, 5.41) is 7.95. The lowest BCUT2D eigenvalue weighted by Gasteiger charge is -2.17. The lowest BCUT2D eigenvalue weighted by molar-refractivity contribution is 0.161. The highest BCUT2D eigenvalue weighted by Crippen LogP contribution is 2.12. The van der Waals surface area contributed by atoms with E-state index < -0.39 is 0 Å². The fourth-order valence-electron chi connectivity index (χ4n) is 2.13. The number of methoxy groups -OCH3 is 1. The minimum atomic E-state index is 0.359. The molecule has 18 heavy (non-hydrogen) atoms. The molecule has 0 fully saturated rings. The van der Waals surface area contributed by atoms with Gasteiger partial charge in [-0.25, -0.2) is 0 Å². The third-order valence-electron chi connectivity index (χ3n) is 3.35. The van der Waals surface area contributed by atoms with Gasteiger partial charge in [-0.3, -0.25) is 4.68 Å². The highest BCUT2D eigenvalue weighted by molar-refractivity contribution is 5.24. The van der Waals surface area contributed by atoms with Gasteiger partial charge in [0.25, 0.3) is 0 Å². The van der Waals surface area contributed by atoms with Gasteiger partial charge in [-0.1, -0.05) is 0 Å². The van der Waals surface area contributed by atoms with E-state index in [0.29, 0.717) is 6.04 Å². The van der Waals surface area contributed by atoms with Crippen molar-refractivity contribution in [2.24, 2.45) is 12.8 Å². The van der Waals surface area contributed by atoms with E-state index in [2.05, 4.69) is 24.3 Å². The number of aromatic nitrogens is 2. The minimum absolute atomic E-state index is 0.359. The summed E-state index contributed by atoms with van der Waals surface area (Å²) in [5.41, 5.74) is 9.15. The van der Waals surface area contributed by atoms with Crippen LogP contribution in [0.4, 0.5) is 0 Å². The smallest absolute Gasteiger partial charge is 0.0641 e. The van der Waals surface area contributed by atoms with E-state index >= 15 is 0 Å². The molecule has 1 atom stereocenters. The summed E-state index contributed by atoms with van der Waals surface area (Å²) >= 11 is 0. The Morgan fingerprint density at radius 2 is 2.17 bits per heavy atom. The molecule has 5 nitrogen and oxygen atoms in total. The first-order valence-corrected chi connectivity index (χ1v) is 6.51. The maximum absolute atomic E-state index is 5.55. The molecule has 0 saturated heterocycles. The molecule has 3 N–H and O–H groups in total. The number of hydrogen-bond donors (Lipinski definition) is 2. The predicted molar refractivity (Wildman–Crippen MR) is 73.5 cm³/mol. The number of rotatable bonds is 8. The Kier molecular flexibility index (Phi) is 6.32. The third kappa shape index (κ3) is 4.08. The molecule has 5 heteroatoms. The Morgan fingerprint density at radius 3 is 2.67 bits per heavy atom. The van der Waals surface area contributed by atoms with Crippen molar-refractivity contribution in [1.82, 2.24) is 15.1 Å². The van der Waals surface area contributed by atoms with Gasteiger partial charge in [-0.15, -0.1) is 0 Å². The number of nitrogens with zero attached hydrogens (tertiary/aromatic N) is 2. The molecule has 0 radical (unpaired) electrons. The van der Waals surface area contributed by atoms with Gasteiger partial charge in [0.1, 0.15) is 0 Å². The second kappa shape index (κ2) is 7.51. The molecule has 1 aromatic heterocycles. The standard InChI is InChI=1S/C13H26N4O/c1-10-13(11(2)17(3)16-10)8-15-12(9-18-4)6-5-7-14/h12,15H,5-9,14H2,1-4H3. The van der Waals surface area contributed by atoms with Crippen molar-refractivity contribution >= 4 is 0 Å². The maximum atomic E-state index is 5.55. The topological polar surface area (TPSA) is 65.1 Å². The van der Waals surface area contributed by atoms with E-state index in [-0.39, 0.29) is 0 Å². The van der Waals surface area contributed by atoms with Gasteiger partial charge in [0, 0.05) is 38.0 Å². The van der Waals surface area contributed by atoms with Crippen molar-refractivity contribution in [2.75, 3.05) is 20.3 Å². The second-order valence-electron chi connectivity index (χ2n) is 4.74. The average molecular weight is 254 g/mol. The summed E-state index contributed by atoms with van der Waals surface area (Å²) in [7, 11) is 3.71. The molecule has 1 rings (SSSR count). The van der Waals surface area contributed by atoms with Crippen molar-refractivity contribution in [3.05, 3.63) is 17.0 Å². The van der Waals surface area contributed by atoms with Crippen molar-refractivity contribution in [3.8, 4) is 0 Å². The van der Waals surface area contributed by atoms with E-state index in [9.17, 15) is 0 Å². The van der Waals surface area contributed by atoms with Crippen LogP contribution >= 0.6 is 0 Å². The van der Waals surface area contributed by atoms with E-state index in [0.717, 1.165) is 38.2 Å². The quantitative estimate of drug-likeness (QED) is 0.723. The summed E-state index contributed by atoms with van der Waals surface area (Å²) in [6, 6.07) is 0.359. The van der Waals surface area contributed by atoms with E-state index in [1.165, 1.54) is 11.3 Å². The SMILES string of the molecule is COCC(CCCN)NCc1c(C)nn(C)c1C. The number of ether oxygens (including phenoxy) is 1. The van der Waals surface area contributed by atoms with Crippen molar-refractivity contribution in [1.29, 1.82) is 0 Å². The Balaban J connectivity index is 2.55. The van der Waals surface area contributed by atoms with Crippen LogP contribution in [0.15, 0.2) is 0 Å². The number of nitrogens with two attached hydrogens (primary N) is 1. The van der Waals surface area contributed by atoms with Crippen molar-refractivity contribution < 1.29 is 4.74 Å². The lowest BCUT2D eigenvalue weighted by Crippen LogP contribution is -2.33. The van der Waals surface area contributed by atoms with E-state index in [4.69, 9.17) is 10.5 Å². The molecule has 104 valence electrons. The normalized spacial score (nSPS) is 12.9. The molecule has 0 bridgehead atoms. The summed E-state index contributed by atoms with van der Waals surface area (Å²) < 4.78 is 7.16. The summed E-state index contributed by atoms with van der Waals surface area (Å²) in [5.74, 6) is 0. The number of aryl methyl sites for hydroxylation is 2. The lowest BCUT2D eigenvalue weighted by atomic mass is 10.1. The van der Waals surface area contributed by atoms with E-state index in [1.54, 1.807) is 7.11 Å². The second-order valence-corrected chi connectivity index (χ2v) is 4.74. The molecule has 0 aliphatic carbocycles. The zero-order chi connectivity index (χ0) is 13.5. The molecule has 0 saturated carbocycles. The molecule has 1 heterocycles. The first-order valence-electron chi connectivity index (χ1n) is 6.51. The van der Waals surface area contributed by atoms with Crippen molar-refractivity contribution in [3.63, 3.8) is 0 Å². The van der Waals surface area contributed by atoms with Gasteiger partial charge in [0.15, 0.2) is 0 Å². The molecule has 0 aromatic carbocycles. The Hall–Kier alpha value is -0.910. The van der Waals surface area contributed by atoms with Gasteiger partial charge < -0.3 is 15.8 Å². The zero-order valence-corrected chi connectivity index (χ0v) is 12.0. The molecule has 0 amide bonds. The molecule has 0 aliphatic heterocycles. The molecular formula is C13H26N4O. The molecule has 0 aliphatic rings. The first kappa shape index (κ1) is 15.1. The molecule has 0 spiro atoms. The van der Waals surface area contributed by atoms with Gasteiger partial charge >= 0.3 is 0 Å². The number of hydrogen-bond acceptors (Lipinski definition) is 4. The summed E-state index contributed by atoms with van der Waals surface area (Å²) in [6.07, 6.45) is 2.06. The Bertz CT molecular complexity index is 362. The molecular weight excluding hydrogens is 228 g/mol. The van der Waals surface area contributed by atoms with Gasteiger partial charge in [-0.05, 0) is 33.2 Å². The third-order valence-corrected chi connectivity index (χ3v) is 3.35. The van der Waals surface area contributed by atoms with Crippen molar-refractivity contribution in [2.45, 2.75) is 39.3 Å². The Labute approximate surface area is 110 Å². The van der Waals surface area contributed by atoms with Crippen LogP contribution in [0, 0.1) is 13.8 Å². The van der Waals surface area contributed by atoms with Crippen LogP contribution in [0.3, 0.4) is 0 Å². The minimum Gasteiger partial charge on any atom is -0.383 e. The van der Waals surface area contributed by atoms with Crippen LogP contribution < -0.4 is 11.1 Å². The summed E-state index contributed by atoms with van der Waals surface area (Å²) in [4.78, 5) is 0.